The minimum atomic E-state index is 0.117. The van der Waals surface area contributed by atoms with Crippen molar-refractivity contribution in [1.29, 1.82) is 0 Å². The summed E-state index contributed by atoms with van der Waals surface area (Å²) in [6.07, 6.45) is 4.81. The second kappa shape index (κ2) is 6.80. The molecule has 1 aliphatic heterocycles. The van der Waals surface area contributed by atoms with Crippen LogP contribution in [-0.4, -0.2) is 31.2 Å². The SMILES string of the molecule is CC(N)CCNC(=O)CCC1CCCO1. The van der Waals surface area contributed by atoms with E-state index in [0.717, 1.165) is 32.3 Å². The molecule has 1 heterocycles. The van der Waals surface area contributed by atoms with E-state index in [1.165, 1.54) is 0 Å². The van der Waals surface area contributed by atoms with Crippen LogP contribution in [0.3, 0.4) is 0 Å². The molecule has 0 aromatic rings. The van der Waals surface area contributed by atoms with Gasteiger partial charge >= 0.3 is 0 Å². The number of ether oxygens (including phenoxy) is 1. The molecule has 2 atom stereocenters. The van der Waals surface area contributed by atoms with Crippen molar-refractivity contribution >= 4 is 5.91 Å². The Morgan fingerprint density at radius 1 is 1.67 bits per heavy atom. The van der Waals surface area contributed by atoms with Crippen LogP contribution in [-0.2, 0) is 9.53 Å². The fourth-order valence-electron chi connectivity index (χ4n) is 1.69. The quantitative estimate of drug-likeness (QED) is 0.687. The highest BCUT2D eigenvalue weighted by Gasteiger charge is 2.16. The standard InChI is InChI=1S/C11H22N2O2/c1-9(12)6-7-13-11(14)5-4-10-3-2-8-15-10/h9-10H,2-8,12H2,1H3,(H,13,14). The van der Waals surface area contributed by atoms with E-state index in [9.17, 15) is 4.79 Å². The molecule has 3 N–H and O–H groups in total. The lowest BCUT2D eigenvalue weighted by molar-refractivity contribution is -0.121. The van der Waals surface area contributed by atoms with Crippen molar-refractivity contribution in [2.45, 2.75) is 51.2 Å². The lowest BCUT2D eigenvalue weighted by Crippen LogP contribution is -2.29. The maximum absolute atomic E-state index is 11.4. The maximum atomic E-state index is 11.4. The average Bonchev–Trinajstić information content (AvgIpc) is 2.66. The smallest absolute Gasteiger partial charge is 0.220 e. The van der Waals surface area contributed by atoms with E-state index in [1.807, 2.05) is 6.92 Å². The summed E-state index contributed by atoms with van der Waals surface area (Å²) in [5.41, 5.74) is 5.58. The lowest BCUT2D eigenvalue weighted by atomic mass is 10.1. The van der Waals surface area contributed by atoms with Gasteiger partial charge in [-0.1, -0.05) is 0 Å². The monoisotopic (exact) mass is 214 g/mol. The van der Waals surface area contributed by atoms with E-state index >= 15 is 0 Å². The Morgan fingerprint density at radius 3 is 3.07 bits per heavy atom. The molecule has 4 nitrogen and oxygen atoms in total. The molecular weight excluding hydrogens is 192 g/mol. The van der Waals surface area contributed by atoms with Gasteiger partial charge in [-0.05, 0) is 32.6 Å². The number of amides is 1. The zero-order valence-corrected chi connectivity index (χ0v) is 9.50. The summed E-state index contributed by atoms with van der Waals surface area (Å²) >= 11 is 0. The van der Waals surface area contributed by atoms with E-state index in [2.05, 4.69) is 5.32 Å². The number of rotatable bonds is 6. The molecule has 0 aromatic heterocycles. The van der Waals surface area contributed by atoms with Crippen LogP contribution in [0.5, 0.6) is 0 Å². The molecule has 0 saturated carbocycles. The van der Waals surface area contributed by atoms with Crippen LogP contribution < -0.4 is 11.1 Å². The van der Waals surface area contributed by atoms with Crippen LogP contribution in [0.2, 0.25) is 0 Å². The van der Waals surface area contributed by atoms with Crippen molar-refractivity contribution in [2.75, 3.05) is 13.2 Å². The molecule has 0 radical (unpaired) electrons. The Morgan fingerprint density at radius 2 is 2.47 bits per heavy atom. The third-order valence-electron chi connectivity index (χ3n) is 2.64. The Hall–Kier alpha value is -0.610. The Bertz CT molecular complexity index is 189. The zero-order chi connectivity index (χ0) is 11.1. The van der Waals surface area contributed by atoms with Crippen LogP contribution >= 0.6 is 0 Å². The van der Waals surface area contributed by atoms with Crippen molar-refractivity contribution in [3.8, 4) is 0 Å². The Kier molecular flexibility index (Phi) is 5.65. The van der Waals surface area contributed by atoms with E-state index in [-0.39, 0.29) is 11.9 Å². The summed E-state index contributed by atoms with van der Waals surface area (Å²) < 4.78 is 5.45. The minimum Gasteiger partial charge on any atom is -0.378 e. The Labute approximate surface area is 91.5 Å². The summed E-state index contributed by atoms with van der Waals surface area (Å²) in [4.78, 5) is 11.4. The minimum absolute atomic E-state index is 0.117. The Balaban J connectivity index is 1.98. The van der Waals surface area contributed by atoms with Crippen LogP contribution in [0.4, 0.5) is 0 Å². The lowest BCUT2D eigenvalue weighted by Gasteiger charge is -2.10. The van der Waals surface area contributed by atoms with E-state index in [1.54, 1.807) is 0 Å². The molecular formula is C11H22N2O2. The van der Waals surface area contributed by atoms with Crippen molar-refractivity contribution in [3.63, 3.8) is 0 Å². The van der Waals surface area contributed by atoms with Gasteiger partial charge in [0.25, 0.3) is 0 Å². The molecule has 1 rings (SSSR count). The molecule has 0 aliphatic carbocycles. The number of nitrogens with two attached hydrogens (primary N) is 1. The number of hydrogen-bond donors (Lipinski definition) is 2. The van der Waals surface area contributed by atoms with Crippen LogP contribution in [0.25, 0.3) is 0 Å². The zero-order valence-electron chi connectivity index (χ0n) is 9.50. The molecule has 1 amide bonds. The van der Waals surface area contributed by atoms with Crippen molar-refractivity contribution < 1.29 is 9.53 Å². The van der Waals surface area contributed by atoms with Gasteiger partial charge in [-0.25, -0.2) is 0 Å². The molecule has 2 unspecified atom stereocenters. The highest BCUT2D eigenvalue weighted by molar-refractivity contribution is 5.75. The first-order valence-electron chi connectivity index (χ1n) is 5.82. The summed E-state index contributed by atoms with van der Waals surface area (Å²) in [6, 6.07) is 0.156. The predicted octanol–water partition coefficient (Wildman–Crippen LogP) is 0.799. The molecule has 4 heteroatoms. The van der Waals surface area contributed by atoms with Crippen LogP contribution in [0.15, 0.2) is 0 Å². The molecule has 15 heavy (non-hydrogen) atoms. The second-order valence-corrected chi connectivity index (χ2v) is 4.29. The predicted molar refractivity (Wildman–Crippen MR) is 59.5 cm³/mol. The van der Waals surface area contributed by atoms with Gasteiger partial charge in [0.05, 0.1) is 6.10 Å². The molecule has 0 aromatic carbocycles. The molecule has 1 fully saturated rings. The van der Waals surface area contributed by atoms with Crippen LogP contribution in [0, 0.1) is 0 Å². The van der Waals surface area contributed by atoms with Crippen molar-refractivity contribution in [2.24, 2.45) is 5.73 Å². The van der Waals surface area contributed by atoms with Gasteiger partial charge in [-0.15, -0.1) is 0 Å². The fraction of sp³-hybridized carbons (Fsp3) is 0.909. The third-order valence-corrected chi connectivity index (χ3v) is 2.64. The highest BCUT2D eigenvalue weighted by Crippen LogP contribution is 2.16. The second-order valence-electron chi connectivity index (χ2n) is 4.29. The first-order chi connectivity index (χ1) is 7.18. The summed E-state index contributed by atoms with van der Waals surface area (Å²) in [5.74, 6) is 0.117. The topological polar surface area (TPSA) is 64.3 Å². The number of hydrogen-bond acceptors (Lipinski definition) is 3. The molecule has 1 aliphatic rings. The molecule has 0 spiro atoms. The summed E-state index contributed by atoms with van der Waals surface area (Å²) in [6.45, 7) is 3.48. The summed E-state index contributed by atoms with van der Waals surface area (Å²) in [5, 5.41) is 2.86. The van der Waals surface area contributed by atoms with Gasteiger partial charge in [0, 0.05) is 25.6 Å². The average molecular weight is 214 g/mol. The normalized spacial score (nSPS) is 22.7. The van der Waals surface area contributed by atoms with Gasteiger partial charge in [0.2, 0.25) is 5.91 Å². The highest BCUT2D eigenvalue weighted by atomic mass is 16.5. The molecule has 88 valence electrons. The van der Waals surface area contributed by atoms with E-state index in [0.29, 0.717) is 19.1 Å². The largest absolute Gasteiger partial charge is 0.378 e. The van der Waals surface area contributed by atoms with Gasteiger partial charge in [-0.3, -0.25) is 4.79 Å². The van der Waals surface area contributed by atoms with Crippen LogP contribution in [0.1, 0.15) is 39.0 Å². The summed E-state index contributed by atoms with van der Waals surface area (Å²) in [7, 11) is 0. The van der Waals surface area contributed by atoms with Crippen molar-refractivity contribution in [3.05, 3.63) is 0 Å². The fourth-order valence-corrected chi connectivity index (χ4v) is 1.69. The van der Waals surface area contributed by atoms with Gasteiger partial charge in [0.1, 0.15) is 0 Å². The number of carbonyl (C=O) groups excluding carboxylic acids is 1. The van der Waals surface area contributed by atoms with Gasteiger partial charge in [0.15, 0.2) is 0 Å². The van der Waals surface area contributed by atoms with Gasteiger partial charge in [-0.2, -0.15) is 0 Å². The number of carbonyl (C=O) groups is 1. The third kappa shape index (κ3) is 5.74. The van der Waals surface area contributed by atoms with E-state index < -0.39 is 0 Å². The molecule has 0 bridgehead atoms. The molecule has 1 saturated heterocycles. The van der Waals surface area contributed by atoms with E-state index in [4.69, 9.17) is 10.5 Å². The van der Waals surface area contributed by atoms with Gasteiger partial charge < -0.3 is 15.8 Å². The van der Waals surface area contributed by atoms with Crippen molar-refractivity contribution in [1.82, 2.24) is 5.32 Å². The first kappa shape index (κ1) is 12.5. The first-order valence-corrected chi connectivity index (χ1v) is 5.82. The maximum Gasteiger partial charge on any atom is 0.220 e. The number of nitrogens with one attached hydrogen (secondary N) is 1.